The Kier molecular flexibility index (Phi) is 7.36. The summed E-state index contributed by atoms with van der Waals surface area (Å²) >= 11 is 6.47. The van der Waals surface area contributed by atoms with Crippen LogP contribution < -0.4 is 25.4 Å². The summed E-state index contributed by atoms with van der Waals surface area (Å²) in [6, 6.07) is 13.5. The average Bonchev–Trinajstić information content (AvgIpc) is 3.36. The van der Waals surface area contributed by atoms with E-state index < -0.39 is 18.0 Å². The van der Waals surface area contributed by atoms with Gasteiger partial charge in [0.1, 0.15) is 42.9 Å². The topological polar surface area (TPSA) is 137 Å². The highest BCUT2D eigenvalue weighted by molar-refractivity contribution is 6.32. The second-order valence-electron chi connectivity index (χ2n) is 8.19. The van der Waals surface area contributed by atoms with E-state index in [1.54, 1.807) is 30.5 Å². The van der Waals surface area contributed by atoms with Gasteiger partial charge in [-0.15, -0.1) is 0 Å². The molecule has 38 heavy (non-hydrogen) atoms. The zero-order valence-corrected chi connectivity index (χ0v) is 21.0. The zero-order chi connectivity index (χ0) is 26.5. The van der Waals surface area contributed by atoms with E-state index in [0.717, 1.165) is 5.69 Å². The number of cyclic esters (lactones) is 1. The highest BCUT2D eigenvalue weighted by atomic mass is 35.5. The molecule has 1 aliphatic heterocycles. The summed E-state index contributed by atoms with van der Waals surface area (Å²) in [5.74, 6) is 1.00. The first-order valence-corrected chi connectivity index (χ1v) is 12.1. The molecule has 1 aliphatic rings. The van der Waals surface area contributed by atoms with E-state index in [-0.39, 0.29) is 13.2 Å². The Hall–Kier alpha value is -4.64. The minimum absolute atomic E-state index is 0.0551. The van der Waals surface area contributed by atoms with Crippen LogP contribution in [0, 0.1) is 0 Å². The number of anilines is 3. The largest absolute Gasteiger partial charge is 0.492 e. The maximum atomic E-state index is 12.7. The van der Waals surface area contributed by atoms with Crippen LogP contribution in [-0.2, 0) is 16.1 Å². The van der Waals surface area contributed by atoms with Crippen LogP contribution in [0.1, 0.15) is 12.6 Å². The van der Waals surface area contributed by atoms with Crippen molar-refractivity contribution in [2.45, 2.75) is 19.6 Å². The number of fused-ring (bicyclic) bond motifs is 1. The summed E-state index contributed by atoms with van der Waals surface area (Å²) in [7, 11) is 0. The number of rotatable bonds is 9. The molecule has 0 spiro atoms. The third kappa shape index (κ3) is 5.68. The molecule has 3 heterocycles. The van der Waals surface area contributed by atoms with E-state index >= 15 is 0 Å². The highest BCUT2D eigenvalue weighted by Gasteiger charge is 2.29. The van der Waals surface area contributed by atoms with Crippen LogP contribution in [-0.4, -0.2) is 46.2 Å². The summed E-state index contributed by atoms with van der Waals surface area (Å²) in [6.07, 6.45) is 2.49. The number of nitrogens with zero attached hydrogens (tertiary/aromatic N) is 3. The minimum atomic E-state index is -0.808. The van der Waals surface area contributed by atoms with Gasteiger partial charge in [-0.3, -0.25) is 9.78 Å². The fourth-order valence-electron chi connectivity index (χ4n) is 3.77. The molecule has 0 radical (unpaired) electrons. The lowest BCUT2D eigenvalue weighted by molar-refractivity contribution is -0.117. The standard InChI is InChI=1S/C26H23ClN6O5/c1-2-36-23-11-19-17(10-20(23)32-25(34)21-13-38-26(35)33-21)24(30-14-29-19)31-15-6-7-22(18(27)9-15)37-12-16-5-3-4-8-28-16/h3-11,14,21H,2,12-13H2,1H3,(H,32,34)(H,33,35)(H,29,30,31)/t21-/m1/s1. The van der Waals surface area contributed by atoms with Gasteiger partial charge in [-0.25, -0.2) is 14.8 Å². The number of hydrogen-bond donors (Lipinski definition) is 3. The number of alkyl carbamates (subject to hydrolysis) is 1. The molecule has 11 nitrogen and oxygen atoms in total. The molecule has 194 valence electrons. The molecule has 2 aromatic carbocycles. The Morgan fingerprint density at radius 1 is 1.13 bits per heavy atom. The number of pyridine rings is 1. The van der Waals surface area contributed by atoms with Gasteiger partial charge < -0.3 is 30.2 Å². The van der Waals surface area contributed by atoms with E-state index in [0.29, 0.717) is 51.2 Å². The van der Waals surface area contributed by atoms with Crippen LogP contribution in [0.5, 0.6) is 11.5 Å². The molecular formula is C26H23ClN6O5. The van der Waals surface area contributed by atoms with Crippen LogP contribution in [0.2, 0.25) is 5.02 Å². The van der Waals surface area contributed by atoms with Gasteiger partial charge in [0, 0.05) is 23.3 Å². The third-order valence-corrected chi connectivity index (χ3v) is 5.88. The number of benzene rings is 2. The number of carbonyl (C=O) groups is 2. The summed E-state index contributed by atoms with van der Waals surface area (Å²) in [5, 5.41) is 9.55. The van der Waals surface area contributed by atoms with Crippen LogP contribution >= 0.6 is 11.6 Å². The lowest BCUT2D eigenvalue weighted by atomic mass is 10.1. The smallest absolute Gasteiger partial charge is 0.407 e. The van der Waals surface area contributed by atoms with Crippen LogP contribution in [0.4, 0.5) is 22.0 Å². The predicted octanol–water partition coefficient (Wildman–Crippen LogP) is 4.45. The number of amides is 2. The summed E-state index contributed by atoms with van der Waals surface area (Å²) in [5.41, 5.74) is 2.46. The molecule has 2 amide bonds. The fourth-order valence-corrected chi connectivity index (χ4v) is 4.00. The van der Waals surface area contributed by atoms with Gasteiger partial charge in [-0.2, -0.15) is 0 Å². The molecule has 4 aromatic rings. The predicted molar refractivity (Wildman–Crippen MR) is 141 cm³/mol. The van der Waals surface area contributed by atoms with E-state index in [4.69, 9.17) is 25.8 Å². The molecule has 1 fully saturated rings. The normalized spacial score (nSPS) is 14.5. The first-order chi connectivity index (χ1) is 18.5. The second-order valence-corrected chi connectivity index (χ2v) is 8.59. The zero-order valence-electron chi connectivity index (χ0n) is 20.2. The van der Waals surface area contributed by atoms with Gasteiger partial charge in [-0.05, 0) is 43.3 Å². The average molecular weight is 535 g/mol. The molecule has 0 unspecified atom stereocenters. The Labute approximate surface area is 222 Å². The van der Waals surface area contributed by atoms with Gasteiger partial charge in [0.05, 0.1) is 28.5 Å². The van der Waals surface area contributed by atoms with Crippen molar-refractivity contribution in [2.75, 3.05) is 23.8 Å². The quantitative estimate of drug-likeness (QED) is 0.284. The number of carbonyl (C=O) groups excluding carboxylic acids is 2. The van der Waals surface area contributed by atoms with Gasteiger partial charge in [0.15, 0.2) is 0 Å². The molecule has 5 rings (SSSR count). The molecule has 3 N–H and O–H groups in total. The molecule has 1 saturated heterocycles. The van der Waals surface area contributed by atoms with Crippen LogP contribution in [0.15, 0.2) is 61.1 Å². The highest BCUT2D eigenvalue weighted by Crippen LogP contribution is 2.35. The minimum Gasteiger partial charge on any atom is -0.492 e. The molecule has 0 aliphatic carbocycles. The maximum Gasteiger partial charge on any atom is 0.407 e. The molecule has 1 atom stereocenters. The van der Waals surface area contributed by atoms with E-state index in [1.807, 2.05) is 31.2 Å². The Balaban J connectivity index is 1.38. The van der Waals surface area contributed by atoms with Crippen molar-refractivity contribution >= 4 is 51.7 Å². The van der Waals surface area contributed by atoms with Crippen molar-refractivity contribution in [2.24, 2.45) is 0 Å². The third-order valence-electron chi connectivity index (χ3n) is 5.58. The second kappa shape index (κ2) is 11.2. The number of nitrogens with one attached hydrogen (secondary N) is 3. The molecule has 2 aromatic heterocycles. The number of ether oxygens (including phenoxy) is 3. The van der Waals surface area contributed by atoms with Crippen LogP contribution in [0.25, 0.3) is 10.9 Å². The van der Waals surface area contributed by atoms with Crippen molar-refractivity contribution in [1.29, 1.82) is 0 Å². The summed E-state index contributed by atoms with van der Waals surface area (Å²) in [4.78, 5) is 37.0. The van der Waals surface area contributed by atoms with Crippen LogP contribution in [0.3, 0.4) is 0 Å². The lowest BCUT2D eigenvalue weighted by Gasteiger charge is -2.16. The van der Waals surface area contributed by atoms with E-state index in [2.05, 4.69) is 30.9 Å². The fraction of sp³-hybridized carbons (Fsp3) is 0.192. The van der Waals surface area contributed by atoms with Crippen molar-refractivity contribution in [3.05, 3.63) is 71.8 Å². The number of hydrogen-bond acceptors (Lipinski definition) is 9. The molecule has 0 saturated carbocycles. The van der Waals surface area contributed by atoms with E-state index in [9.17, 15) is 9.59 Å². The Morgan fingerprint density at radius 3 is 2.76 bits per heavy atom. The summed E-state index contributed by atoms with van der Waals surface area (Å²) < 4.78 is 16.3. The SMILES string of the molecule is CCOc1cc2ncnc(Nc3ccc(OCc4ccccn4)c(Cl)c3)c2cc1NC(=O)[C@H]1COC(=O)N1. The Bertz CT molecular complexity index is 1490. The van der Waals surface area contributed by atoms with E-state index in [1.165, 1.54) is 6.33 Å². The van der Waals surface area contributed by atoms with Gasteiger partial charge in [0.2, 0.25) is 0 Å². The monoisotopic (exact) mass is 534 g/mol. The van der Waals surface area contributed by atoms with Crippen molar-refractivity contribution < 1.29 is 23.8 Å². The number of halogens is 1. The van der Waals surface area contributed by atoms with Gasteiger partial charge in [0.25, 0.3) is 5.91 Å². The first-order valence-electron chi connectivity index (χ1n) is 11.7. The lowest BCUT2D eigenvalue weighted by Crippen LogP contribution is -2.38. The van der Waals surface area contributed by atoms with Crippen molar-refractivity contribution in [3.8, 4) is 11.5 Å². The van der Waals surface area contributed by atoms with Crippen molar-refractivity contribution in [3.63, 3.8) is 0 Å². The number of aromatic nitrogens is 3. The molecule has 0 bridgehead atoms. The van der Waals surface area contributed by atoms with Crippen molar-refractivity contribution in [1.82, 2.24) is 20.3 Å². The first kappa shape index (κ1) is 25.0. The molecule has 12 heteroatoms. The van der Waals surface area contributed by atoms with Gasteiger partial charge >= 0.3 is 6.09 Å². The van der Waals surface area contributed by atoms with Gasteiger partial charge in [-0.1, -0.05) is 17.7 Å². The molecular weight excluding hydrogens is 512 g/mol. The Morgan fingerprint density at radius 2 is 2.03 bits per heavy atom. The summed E-state index contributed by atoms with van der Waals surface area (Å²) in [6.45, 7) is 2.44. The maximum absolute atomic E-state index is 12.7.